The predicted octanol–water partition coefficient (Wildman–Crippen LogP) is 6.25. The van der Waals surface area contributed by atoms with E-state index >= 15 is 0 Å². The molecule has 0 amide bonds. The van der Waals surface area contributed by atoms with Gasteiger partial charge in [-0.2, -0.15) is 0 Å². The van der Waals surface area contributed by atoms with Crippen LogP contribution in [0.3, 0.4) is 0 Å². The monoisotopic (exact) mass is 304 g/mol. The van der Waals surface area contributed by atoms with Crippen LogP contribution in [-0.4, -0.2) is 7.11 Å². The summed E-state index contributed by atoms with van der Waals surface area (Å²) in [6, 6.07) is 21.8. The van der Waals surface area contributed by atoms with Crippen LogP contribution in [0.4, 0.5) is 0 Å². The van der Waals surface area contributed by atoms with Crippen LogP contribution in [0.1, 0.15) is 31.7 Å². The lowest BCUT2D eigenvalue weighted by atomic mass is 9.98. The van der Waals surface area contributed by atoms with E-state index in [9.17, 15) is 0 Å². The number of hydrogen-bond acceptors (Lipinski definition) is 1. The number of rotatable bonds is 6. The van der Waals surface area contributed by atoms with Gasteiger partial charge in [0.2, 0.25) is 0 Å². The molecule has 0 aliphatic carbocycles. The van der Waals surface area contributed by atoms with Gasteiger partial charge in [-0.1, -0.05) is 62.2 Å². The molecule has 1 nitrogen and oxygen atoms in total. The molecule has 0 saturated carbocycles. The Morgan fingerprint density at radius 2 is 1.43 bits per heavy atom. The highest BCUT2D eigenvalue weighted by Gasteiger charge is 2.02. The summed E-state index contributed by atoms with van der Waals surface area (Å²) in [4.78, 5) is 0. The van der Waals surface area contributed by atoms with Gasteiger partial charge in [0.1, 0.15) is 5.75 Å². The second-order valence-corrected chi connectivity index (χ2v) is 6.08. The Kier molecular flexibility index (Phi) is 4.97. The van der Waals surface area contributed by atoms with Crippen molar-refractivity contribution in [3.63, 3.8) is 0 Å². The minimum absolute atomic E-state index is 0.895. The van der Waals surface area contributed by atoms with Gasteiger partial charge < -0.3 is 4.74 Å². The lowest BCUT2D eigenvalue weighted by molar-refractivity contribution is 0.415. The fourth-order valence-corrected chi connectivity index (χ4v) is 2.99. The molecule has 0 atom stereocenters. The van der Waals surface area contributed by atoms with E-state index in [1.165, 1.54) is 53.1 Å². The number of fused-ring (bicyclic) bond motifs is 1. The highest BCUT2D eigenvalue weighted by molar-refractivity contribution is 5.87. The van der Waals surface area contributed by atoms with E-state index in [2.05, 4.69) is 55.5 Å². The zero-order valence-electron chi connectivity index (χ0n) is 14.0. The van der Waals surface area contributed by atoms with Crippen LogP contribution in [0.25, 0.3) is 21.9 Å². The van der Waals surface area contributed by atoms with Gasteiger partial charge >= 0.3 is 0 Å². The first-order chi connectivity index (χ1) is 11.3. The van der Waals surface area contributed by atoms with Crippen molar-refractivity contribution in [2.45, 2.75) is 32.6 Å². The molecule has 1 heteroatoms. The molecule has 3 rings (SSSR count). The number of unbranched alkanes of at least 4 members (excludes halogenated alkanes) is 2. The molecule has 0 aromatic heterocycles. The highest BCUT2D eigenvalue weighted by Crippen LogP contribution is 2.27. The maximum Gasteiger partial charge on any atom is 0.118 e. The quantitative estimate of drug-likeness (QED) is 0.489. The zero-order chi connectivity index (χ0) is 16.1. The predicted molar refractivity (Wildman–Crippen MR) is 99.2 cm³/mol. The molecule has 0 aliphatic heterocycles. The van der Waals surface area contributed by atoms with E-state index in [-0.39, 0.29) is 0 Å². The van der Waals surface area contributed by atoms with Gasteiger partial charge in [-0.25, -0.2) is 0 Å². The minimum atomic E-state index is 0.895. The van der Waals surface area contributed by atoms with Crippen molar-refractivity contribution in [2.24, 2.45) is 0 Å². The fraction of sp³-hybridized carbons (Fsp3) is 0.273. The van der Waals surface area contributed by atoms with Crippen molar-refractivity contribution < 1.29 is 4.74 Å². The summed E-state index contributed by atoms with van der Waals surface area (Å²) in [7, 11) is 1.70. The Hall–Kier alpha value is -2.28. The van der Waals surface area contributed by atoms with Gasteiger partial charge in [0.05, 0.1) is 7.11 Å². The molecule has 23 heavy (non-hydrogen) atoms. The maximum absolute atomic E-state index is 5.23. The van der Waals surface area contributed by atoms with Crippen LogP contribution < -0.4 is 4.74 Å². The molecule has 3 aromatic carbocycles. The Balaban J connectivity index is 1.85. The van der Waals surface area contributed by atoms with Gasteiger partial charge in [0.25, 0.3) is 0 Å². The molecule has 3 aromatic rings. The third-order valence-corrected chi connectivity index (χ3v) is 4.40. The first kappa shape index (κ1) is 15.6. The lowest BCUT2D eigenvalue weighted by Crippen LogP contribution is -1.86. The van der Waals surface area contributed by atoms with Crippen LogP contribution in [0.15, 0.2) is 60.7 Å². The summed E-state index contributed by atoms with van der Waals surface area (Å²) in [6.07, 6.45) is 5.06. The molecule has 0 saturated heterocycles. The second-order valence-electron chi connectivity index (χ2n) is 6.08. The number of benzene rings is 3. The second kappa shape index (κ2) is 7.32. The van der Waals surface area contributed by atoms with Crippen molar-refractivity contribution >= 4 is 10.8 Å². The SMILES string of the molecule is CCCCCc1ccc2cc(-c3ccc(OC)cc3)ccc2c1. The van der Waals surface area contributed by atoms with Crippen molar-refractivity contribution in [1.29, 1.82) is 0 Å². The maximum atomic E-state index is 5.23. The Bertz CT molecular complexity index is 772. The van der Waals surface area contributed by atoms with E-state index in [4.69, 9.17) is 4.74 Å². The van der Waals surface area contributed by atoms with E-state index in [0.717, 1.165) is 5.75 Å². The van der Waals surface area contributed by atoms with E-state index in [1.54, 1.807) is 7.11 Å². The molecule has 0 spiro atoms. The summed E-state index contributed by atoms with van der Waals surface area (Å²) in [5, 5.41) is 2.63. The van der Waals surface area contributed by atoms with Crippen LogP contribution >= 0.6 is 0 Å². The normalized spacial score (nSPS) is 10.9. The lowest BCUT2D eigenvalue weighted by Gasteiger charge is -2.07. The van der Waals surface area contributed by atoms with Gasteiger partial charge in [-0.3, -0.25) is 0 Å². The first-order valence-corrected chi connectivity index (χ1v) is 8.47. The van der Waals surface area contributed by atoms with Crippen molar-refractivity contribution in [3.05, 3.63) is 66.2 Å². The molecule has 0 radical (unpaired) electrons. The summed E-state index contributed by atoms with van der Waals surface area (Å²) in [5.41, 5.74) is 3.92. The average Bonchev–Trinajstić information content (AvgIpc) is 2.61. The van der Waals surface area contributed by atoms with Gasteiger partial charge in [-0.15, -0.1) is 0 Å². The van der Waals surface area contributed by atoms with Crippen LogP contribution in [0.2, 0.25) is 0 Å². The van der Waals surface area contributed by atoms with Crippen molar-refractivity contribution in [3.8, 4) is 16.9 Å². The Morgan fingerprint density at radius 3 is 2.17 bits per heavy atom. The molecule has 0 bridgehead atoms. The number of aryl methyl sites for hydroxylation is 1. The molecule has 0 fully saturated rings. The molecular weight excluding hydrogens is 280 g/mol. The van der Waals surface area contributed by atoms with E-state index in [0.29, 0.717) is 0 Å². The molecule has 0 aliphatic rings. The molecule has 0 unspecified atom stereocenters. The Morgan fingerprint density at radius 1 is 0.739 bits per heavy atom. The summed E-state index contributed by atoms with van der Waals surface area (Å²) in [6.45, 7) is 2.25. The minimum Gasteiger partial charge on any atom is -0.497 e. The van der Waals surface area contributed by atoms with Crippen molar-refractivity contribution in [2.75, 3.05) is 7.11 Å². The number of methoxy groups -OCH3 is 1. The largest absolute Gasteiger partial charge is 0.497 e. The molecule has 0 N–H and O–H groups in total. The summed E-state index contributed by atoms with van der Waals surface area (Å²) < 4.78 is 5.23. The number of ether oxygens (including phenoxy) is 1. The van der Waals surface area contributed by atoms with Gasteiger partial charge in [0, 0.05) is 0 Å². The summed E-state index contributed by atoms with van der Waals surface area (Å²) >= 11 is 0. The third kappa shape index (κ3) is 3.73. The van der Waals surface area contributed by atoms with E-state index in [1.807, 2.05) is 12.1 Å². The van der Waals surface area contributed by atoms with Crippen molar-refractivity contribution in [1.82, 2.24) is 0 Å². The summed E-state index contributed by atoms with van der Waals surface area (Å²) in [5.74, 6) is 0.895. The topological polar surface area (TPSA) is 9.23 Å². The smallest absolute Gasteiger partial charge is 0.118 e. The van der Waals surface area contributed by atoms with Gasteiger partial charge in [-0.05, 0) is 58.5 Å². The third-order valence-electron chi connectivity index (χ3n) is 4.40. The average molecular weight is 304 g/mol. The highest BCUT2D eigenvalue weighted by atomic mass is 16.5. The first-order valence-electron chi connectivity index (χ1n) is 8.47. The molecule has 118 valence electrons. The molecular formula is C22H24O. The van der Waals surface area contributed by atoms with E-state index < -0.39 is 0 Å². The van der Waals surface area contributed by atoms with Crippen LogP contribution in [0.5, 0.6) is 5.75 Å². The van der Waals surface area contributed by atoms with Crippen LogP contribution in [-0.2, 0) is 6.42 Å². The molecule has 0 heterocycles. The standard InChI is InChI=1S/C22H24O/c1-3-4-5-6-17-7-8-21-16-20(10-9-19(21)15-17)18-11-13-22(23-2)14-12-18/h7-16H,3-6H2,1-2H3. The number of hydrogen-bond donors (Lipinski definition) is 0. The van der Waals surface area contributed by atoms with Gasteiger partial charge in [0.15, 0.2) is 0 Å². The Labute approximate surface area is 138 Å². The zero-order valence-corrected chi connectivity index (χ0v) is 14.0. The fourth-order valence-electron chi connectivity index (χ4n) is 2.99. The van der Waals surface area contributed by atoms with Crippen LogP contribution in [0, 0.1) is 0 Å².